The number of carbonyl (C=O) groups is 1. The first-order valence-corrected chi connectivity index (χ1v) is 17.4. The molecule has 0 spiro atoms. The second-order valence-electron chi connectivity index (χ2n) is 10.6. The van der Waals surface area contributed by atoms with Gasteiger partial charge >= 0.3 is 5.97 Å². The van der Waals surface area contributed by atoms with Gasteiger partial charge in [-0.05, 0) is 32.1 Å². The summed E-state index contributed by atoms with van der Waals surface area (Å²) in [6.45, 7) is 14.7. The topological polar surface area (TPSA) is 128 Å². The van der Waals surface area contributed by atoms with Crippen molar-refractivity contribution in [2.45, 2.75) is 65.1 Å². The molecule has 0 N–H and O–H groups in total. The van der Waals surface area contributed by atoms with Crippen LogP contribution in [0.15, 0.2) is 0 Å². The molecule has 1 aliphatic rings. The monoisotopic (exact) mass is 668 g/mol. The van der Waals surface area contributed by atoms with Crippen LogP contribution >= 0.6 is 0 Å². The SMILES string of the molecule is CCCCC(CC)C(=O)OCCOCCOCCOCCOCCOCCOCCOCCOCCOCCOC1CCCCO1. The summed E-state index contributed by atoms with van der Waals surface area (Å²) in [5.74, 6) is -0.121. The third kappa shape index (κ3) is 29.2. The number of esters is 1. The van der Waals surface area contributed by atoms with Crippen molar-refractivity contribution < 1.29 is 61.6 Å². The molecule has 2 unspecified atom stereocenters. The Morgan fingerprint density at radius 3 is 1.30 bits per heavy atom. The number of ether oxygens (including phenoxy) is 12. The lowest BCUT2D eigenvalue weighted by molar-refractivity contribution is -0.169. The molecule has 13 nitrogen and oxygen atoms in total. The van der Waals surface area contributed by atoms with Crippen LogP contribution in [0.5, 0.6) is 0 Å². The van der Waals surface area contributed by atoms with E-state index in [1.807, 2.05) is 6.92 Å². The maximum absolute atomic E-state index is 12.0. The Bertz CT molecular complexity index is 622. The number of hydrogen-bond donors (Lipinski definition) is 0. The van der Waals surface area contributed by atoms with E-state index >= 15 is 0 Å². The molecular weight excluding hydrogens is 604 g/mol. The van der Waals surface area contributed by atoms with Crippen LogP contribution in [-0.4, -0.2) is 151 Å². The zero-order valence-electron chi connectivity index (χ0n) is 28.8. The van der Waals surface area contributed by atoms with Gasteiger partial charge in [-0.1, -0.05) is 26.7 Å². The highest BCUT2D eigenvalue weighted by Crippen LogP contribution is 2.14. The van der Waals surface area contributed by atoms with Crippen molar-refractivity contribution in [3.8, 4) is 0 Å². The molecule has 1 heterocycles. The van der Waals surface area contributed by atoms with Crippen LogP contribution in [0.2, 0.25) is 0 Å². The van der Waals surface area contributed by atoms with Gasteiger partial charge in [0.2, 0.25) is 0 Å². The molecule has 1 saturated heterocycles. The third-order valence-corrected chi connectivity index (χ3v) is 6.85. The van der Waals surface area contributed by atoms with Crippen molar-refractivity contribution in [2.24, 2.45) is 5.92 Å². The molecule has 0 aromatic rings. The van der Waals surface area contributed by atoms with Gasteiger partial charge in [-0.2, -0.15) is 0 Å². The van der Waals surface area contributed by atoms with Crippen LogP contribution in [0.25, 0.3) is 0 Å². The number of carbonyl (C=O) groups excluding carboxylic acids is 1. The van der Waals surface area contributed by atoms with Gasteiger partial charge in [0.25, 0.3) is 0 Å². The van der Waals surface area contributed by atoms with Crippen molar-refractivity contribution in [1.29, 1.82) is 0 Å². The Labute approximate surface area is 277 Å². The third-order valence-electron chi connectivity index (χ3n) is 6.85. The molecule has 1 rings (SSSR count). The van der Waals surface area contributed by atoms with Gasteiger partial charge in [0, 0.05) is 6.61 Å². The average Bonchev–Trinajstić information content (AvgIpc) is 3.08. The lowest BCUT2D eigenvalue weighted by atomic mass is 10.00. The van der Waals surface area contributed by atoms with Crippen LogP contribution in [0, 0.1) is 5.92 Å². The molecule has 0 aromatic carbocycles. The first-order valence-electron chi connectivity index (χ1n) is 17.4. The van der Waals surface area contributed by atoms with Crippen molar-refractivity contribution in [3.63, 3.8) is 0 Å². The van der Waals surface area contributed by atoms with E-state index in [4.69, 9.17) is 56.8 Å². The predicted octanol–water partition coefficient (Wildman–Crippen LogP) is 3.44. The highest BCUT2D eigenvalue weighted by atomic mass is 16.7. The van der Waals surface area contributed by atoms with Crippen LogP contribution < -0.4 is 0 Å². The predicted molar refractivity (Wildman–Crippen MR) is 171 cm³/mol. The Balaban J connectivity index is 1.65. The molecule has 0 radical (unpaired) electrons. The van der Waals surface area contributed by atoms with E-state index < -0.39 is 0 Å². The minimum atomic E-state index is -0.119. The quantitative estimate of drug-likeness (QED) is 0.0715. The van der Waals surface area contributed by atoms with Gasteiger partial charge in [0.05, 0.1) is 131 Å². The summed E-state index contributed by atoms with van der Waals surface area (Å²) in [6, 6.07) is 0. The van der Waals surface area contributed by atoms with Crippen molar-refractivity contribution >= 4 is 5.97 Å². The lowest BCUT2D eigenvalue weighted by Gasteiger charge is -2.22. The lowest BCUT2D eigenvalue weighted by Crippen LogP contribution is -2.24. The molecule has 0 amide bonds. The maximum atomic E-state index is 12.0. The fraction of sp³-hybridized carbons (Fsp3) is 0.970. The Kier molecular flexibility index (Phi) is 33.1. The minimum absolute atomic E-state index is 0.00200. The summed E-state index contributed by atoms with van der Waals surface area (Å²) in [4.78, 5) is 12.0. The second-order valence-corrected chi connectivity index (χ2v) is 10.6. The second kappa shape index (κ2) is 35.3. The van der Waals surface area contributed by atoms with Crippen LogP contribution in [0.3, 0.4) is 0 Å². The summed E-state index contributed by atoms with van der Waals surface area (Å²) < 4.78 is 65.7. The molecule has 0 aromatic heterocycles. The number of hydrogen-bond acceptors (Lipinski definition) is 13. The summed E-state index contributed by atoms with van der Waals surface area (Å²) in [5, 5.41) is 0. The highest BCUT2D eigenvalue weighted by Gasteiger charge is 2.17. The molecule has 274 valence electrons. The summed E-state index contributed by atoms with van der Waals surface area (Å²) in [6.07, 6.45) is 7.02. The minimum Gasteiger partial charge on any atom is -0.463 e. The van der Waals surface area contributed by atoms with Crippen LogP contribution in [-0.2, 0) is 61.6 Å². The van der Waals surface area contributed by atoms with Gasteiger partial charge in [-0.15, -0.1) is 0 Å². The zero-order chi connectivity index (χ0) is 33.0. The van der Waals surface area contributed by atoms with Gasteiger partial charge < -0.3 is 56.8 Å². The number of unbranched alkanes of at least 4 members (excludes halogenated alkanes) is 1. The Morgan fingerprint density at radius 1 is 0.565 bits per heavy atom. The molecule has 0 bridgehead atoms. The van der Waals surface area contributed by atoms with Gasteiger partial charge in [-0.3, -0.25) is 4.79 Å². The fourth-order valence-electron chi connectivity index (χ4n) is 4.20. The average molecular weight is 669 g/mol. The molecule has 1 aliphatic heterocycles. The van der Waals surface area contributed by atoms with Crippen molar-refractivity contribution in [1.82, 2.24) is 0 Å². The van der Waals surface area contributed by atoms with E-state index in [1.54, 1.807) is 0 Å². The molecule has 13 heteroatoms. The van der Waals surface area contributed by atoms with E-state index in [9.17, 15) is 4.79 Å². The van der Waals surface area contributed by atoms with Crippen LogP contribution in [0.1, 0.15) is 58.8 Å². The molecule has 0 saturated carbocycles. The standard InChI is InChI=1S/C33H64O13/c1-3-5-8-31(4-2)33(34)46-30-28-43-26-24-41-22-20-39-18-16-37-14-12-35-11-13-36-15-17-38-19-21-40-23-25-42-27-29-45-32-9-6-7-10-44-32/h31-32H,3-30H2,1-2H3. The Morgan fingerprint density at radius 2 is 0.957 bits per heavy atom. The first kappa shape index (κ1) is 43.1. The van der Waals surface area contributed by atoms with Gasteiger partial charge in [0.1, 0.15) is 6.61 Å². The molecule has 1 fully saturated rings. The first-order chi connectivity index (χ1) is 22.8. The molecule has 46 heavy (non-hydrogen) atoms. The van der Waals surface area contributed by atoms with E-state index in [-0.39, 0.29) is 24.8 Å². The molecule has 0 aliphatic carbocycles. The summed E-state index contributed by atoms with van der Waals surface area (Å²) in [7, 11) is 0. The van der Waals surface area contributed by atoms with E-state index in [0.717, 1.165) is 51.6 Å². The van der Waals surface area contributed by atoms with Crippen LogP contribution in [0.4, 0.5) is 0 Å². The number of rotatable bonds is 36. The summed E-state index contributed by atoms with van der Waals surface area (Å²) >= 11 is 0. The highest BCUT2D eigenvalue weighted by molar-refractivity contribution is 5.72. The molecular formula is C33H64O13. The van der Waals surface area contributed by atoms with Gasteiger partial charge in [-0.25, -0.2) is 0 Å². The molecule has 2 atom stereocenters. The fourth-order valence-corrected chi connectivity index (χ4v) is 4.20. The van der Waals surface area contributed by atoms with E-state index in [1.165, 1.54) is 0 Å². The van der Waals surface area contributed by atoms with Crippen molar-refractivity contribution in [3.05, 3.63) is 0 Å². The summed E-state index contributed by atoms with van der Waals surface area (Å²) in [5.41, 5.74) is 0. The largest absolute Gasteiger partial charge is 0.463 e. The smallest absolute Gasteiger partial charge is 0.308 e. The zero-order valence-corrected chi connectivity index (χ0v) is 28.8. The van der Waals surface area contributed by atoms with E-state index in [2.05, 4.69) is 6.92 Å². The maximum Gasteiger partial charge on any atom is 0.308 e. The Hall–Kier alpha value is -0.970. The van der Waals surface area contributed by atoms with Gasteiger partial charge in [0.15, 0.2) is 6.29 Å². The van der Waals surface area contributed by atoms with E-state index in [0.29, 0.717) is 126 Å². The normalized spacial score (nSPS) is 15.7. The van der Waals surface area contributed by atoms with Crippen molar-refractivity contribution in [2.75, 3.05) is 139 Å².